The lowest BCUT2D eigenvalue weighted by Gasteiger charge is -2.39. The third-order valence-corrected chi connectivity index (χ3v) is 7.66. The Labute approximate surface area is 165 Å². The van der Waals surface area contributed by atoms with Gasteiger partial charge in [0, 0.05) is 0 Å². The molecule has 0 radical (unpaired) electrons. The van der Waals surface area contributed by atoms with Crippen molar-refractivity contribution in [2.24, 2.45) is 5.92 Å². The van der Waals surface area contributed by atoms with Crippen LogP contribution in [-0.4, -0.2) is 42.5 Å². The van der Waals surface area contributed by atoms with Crippen molar-refractivity contribution in [2.75, 3.05) is 19.8 Å². The minimum atomic E-state index is -3.51. The zero-order valence-corrected chi connectivity index (χ0v) is 17.0. The summed E-state index contributed by atoms with van der Waals surface area (Å²) in [6.45, 7) is 4.14. The van der Waals surface area contributed by atoms with Gasteiger partial charge in [-0.3, -0.25) is 9.46 Å². The molecule has 7 nitrogen and oxygen atoms in total. The van der Waals surface area contributed by atoms with Crippen molar-refractivity contribution in [3.05, 3.63) is 48.0 Å². The van der Waals surface area contributed by atoms with Gasteiger partial charge in [-0.05, 0) is 25.8 Å². The van der Waals surface area contributed by atoms with Gasteiger partial charge in [0.25, 0.3) is 0 Å². The van der Waals surface area contributed by atoms with Crippen LogP contribution in [0.3, 0.4) is 0 Å². The van der Waals surface area contributed by atoms with Gasteiger partial charge >= 0.3 is 13.7 Å². The predicted molar refractivity (Wildman–Crippen MR) is 104 cm³/mol. The number of nitrogens with zero attached hydrogens (tertiary/aromatic N) is 2. The van der Waals surface area contributed by atoms with E-state index in [1.54, 1.807) is 18.7 Å². The molecule has 0 N–H and O–H groups in total. The average molecular weight is 404 g/mol. The molecule has 4 atom stereocenters. The number of hydrogen-bond donors (Lipinski definition) is 0. The summed E-state index contributed by atoms with van der Waals surface area (Å²) in [7, 11) is -3.51. The Kier molecular flexibility index (Phi) is 6.56. The molecule has 1 heterocycles. The molecule has 150 valence electrons. The molecular formula is C20H25N2O5P. The highest BCUT2D eigenvalue weighted by Gasteiger charge is 2.50. The summed E-state index contributed by atoms with van der Waals surface area (Å²) in [5.41, 5.74) is 0.288. The zero-order chi connectivity index (χ0) is 20.1. The van der Waals surface area contributed by atoms with Gasteiger partial charge in [0.2, 0.25) is 0 Å². The lowest BCUT2D eigenvalue weighted by atomic mass is 9.88. The molecule has 0 unspecified atom stereocenters. The molecule has 0 saturated carbocycles. The number of benzene rings is 1. The highest BCUT2D eigenvalue weighted by Crippen LogP contribution is 2.59. The molecule has 2 aliphatic rings. The minimum Gasteiger partial charge on any atom is -0.447 e. The number of allylic oxidation sites excluding steroid dienone is 1. The molecule has 0 spiro atoms. The Hall–Kier alpha value is -2.13. The second kappa shape index (κ2) is 8.91. The summed E-state index contributed by atoms with van der Waals surface area (Å²) in [4.78, 5) is 14.1. The van der Waals surface area contributed by atoms with E-state index < -0.39 is 31.3 Å². The second-order valence-corrected chi connectivity index (χ2v) is 8.92. The van der Waals surface area contributed by atoms with Gasteiger partial charge in [0.05, 0.1) is 42.9 Å². The monoisotopic (exact) mass is 404 g/mol. The van der Waals surface area contributed by atoms with E-state index in [-0.39, 0.29) is 25.9 Å². The maximum absolute atomic E-state index is 13.4. The van der Waals surface area contributed by atoms with Crippen LogP contribution < -0.4 is 0 Å². The molecule has 1 saturated heterocycles. The fourth-order valence-corrected chi connectivity index (χ4v) is 6.08. The first-order chi connectivity index (χ1) is 13.6. The van der Waals surface area contributed by atoms with Gasteiger partial charge in [-0.1, -0.05) is 42.5 Å². The van der Waals surface area contributed by atoms with Gasteiger partial charge in [-0.15, -0.1) is 0 Å². The molecule has 1 aromatic rings. The Morgan fingerprint density at radius 1 is 1.25 bits per heavy atom. The molecule has 1 fully saturated rings. The van der Waals surface area contributed by atoms with E-state index in [2.05, 4.69) is 6.07 Å². The maximum atomic E-state index is 13.4. The third kappa shape index (κ3) is 3.86. The predicted octanol–water partition coefficient (Wildman–Crippen LogP) is 4.28. The third-order valence-electron chi connectivity index (χ3n) is 5.08. The molecule has 3 rings (SSSR count). The largest absolute Gasteiger partial charge is 0.447 e. The van der Waals surface area contributed by atoms with E-state index in [9.17, 15) is 14.6 Å². The summed E-state index contributed by atoms with van der Waals surface area (Å²) < 4.78 is 29.7. The number of carbonyl (C=O) groups excluding carboxylic acids is 1. The molecule has 1 amide bonds. The SMILES string of the molecule is CCOP(=O)(OCC)[C@H]1CC=C[C@H](N2C(=O)OC[C@H]2c2ccccc2)[C@@H]1C#N. The van der Waals surface area contributed by atoms with E-state index in [0.717, 1.165) is 5.56 Å². The zero-order valence-electron chi connectivity index (χ0n) is 16.1. The highest BCUT2D eigenvalue weighted by molar-refractivity contribution is 7.54. The quantitative estimate of drug-likeness (QED) is 0.498. The first-order valence-corrected chi connectivity index (χ1v) is 11.1. The van der Waals surface area contributed by atoms with Gasteiger partial charge in [-0.2, -0.15) is 5.26 Å². The summed E-state index contributed by atoms with van der Waals surface area (Å²) in [6.07, 6.45) is 3.59. The fraction of sp³-hybridized carbons (Fsp3) is 0.500. The van der Waals surface area contributed by atoms with Gasteiger partial charge in [0.1, 0.15) is 6.61 Å². The molecule has 0 aromatic heterocycles. The van der Waals surface area contributed by atoms with Crippen LogP contribution >= 0.6 is 7.60 Å². The molecule has 1 aliphatic heterocycles. The Morgan fingerprint density at radius 3 is 2.54 bits per heavy atom. The smallest absolute Gasteiger partial charge is 0.411 e. The molecule has 0 bridgehead atoms. The molecule has 1 aromatic carbocycles. The van der Waals surface area contributed by atoms with E-state index in [4.69, 9.17) is 13.8 Å². The van der Waals surface area contributed by atoms with Crippen molar-refractivity contribution in [3.63, 3.8) is 0 Å². The first kappa shape index (κ1) is 20.6. The summed E-state index contributed by atoms with van der Waals surface area (Å²) in [5, 5.41) is 9.94. The maximum Gasteiger partial charge on any atom is 0.411 e. The Morgan fingerprint density at radius 2 is 1.93 bits per heavy atom. The molecule has 28 heavy (non-hydrogen) atoms. The number of hydrogen-bond acceptors (Lipinski definition) is 6. The lowest BCUT2D eigenvalue weighted by Crippen LogP contribution is -2.46. The number of nitriles is 1. The Balaban J connectivity index is 1.95. The van der Waals surface area contributed by atoms with Crippen molar-refractivity contribution in [3.8, 4) is 6.07 Å². The van der Waals surface area contributed by atoms with Crippen molar-refractivity contribution in [1.29, 1.82) is 5.26 Å². The summed E-state index contributed by atoms with van der Waals surface area (Å²) in [6, 6.07) is 10.9. The van der Waals surface area contributed by atoms with Crippen LogP contribution in [0.1, 0.15) is 31.9 Å². The summed E-state index contributed by atoms with van der Waals surface area (Å²) >= 11 is 0. The highest BCUT2D eigenvalue weighted by atomic mass is 31.2. The standard InChI is InChI=1S/C20H25N2O5P/c1-3-26-28(24,27-4-2)19-12-8-11-17(16(19)13-21)22-18(14-25-20(22)23)15-9-6-5-7-10-15/h5-11,16-19H,3-4,12,14H2,1-2H3/t16-,17-,18-,19-/m0/s1. The van der Waals surface area contributed by atoms with Crippen LogP contribution in [0.25, 0.3) is 0 Å². The molecular weight excluding hydrogens is 379 g/mol. The van der Waals surface area contributed by atoms with Crippen molar-refractivity contribution in [2.45, 2.75) is 38.0 Å². The van der Waals surface area contributed by atoms with Crippen molar-refractivity contribution < 1.29 is 23.1 Å². The van der Waals surface area contributed by atoms with Gasteiger partial charge in [0.15, 0.2) is 0 Å². The van der Waals surface area contributed by atoms with E-state index in [1.807, 2.05) is 42.5 Å². The fourth-order valence-electron chi connectivity index (χ4n) is 3.89. The normalized spacial score (nSPS) is 27.5. The van der Waals surface area contributed by atoms with E-state index in [1.165, 1.54) is 0 Å². The van der Waals surface area contributed by atoms with Crippen LogP contribution in [0.2, 0.25) is 0 Å². The number of cyclic esters (lactones) is 1. The second-order valence-electron chi connectivity index (χ2n) is 6.66. The molecule has 1 aliphatic carbocycles. The van der Waals surface area contributed by atoms with Crippen LogP contribution in [0.5, 0.6) is 0 Å². The van der Waals surface area contributed by atoms with Crippen molar-refractivity contribution >= 4 is 13.7 Å². The van der Waals surface area contributed by atoms with E-state index in [0.29, 0.717) is 6.42 Å². The topological polar surface area (TPSA) is 88.9 Å². The van der Waals surface area contributed by atoms with E-state index >= 15 is 0 Å². The number of amides is 1. The van der Waals surface area contributed by atoms with Gasteiger partial charge in [-0.25, -0.2) is 4.79 Å². The van der Waals surface area contributed by atoms with Crippen LogP contribution in [0.4, 0.5) is 4.79 Å². The van der Waals surface area contributed by atoms with Crippen LogP contribution in [0.15, 0.2) is 42.5 Å². The number of carbonyl (C=O) groups is 1. The Bertz CT molecular complexity index is 797. The van der Waals surface area contributed by atoms with Gasteiger partial charge < -0.3 is 13.8 Å². The average Bonchev–Trinajstić information content (AvgIpc) is 3.09. The summed E-state index contributed by atoms with van der Waals surface area (Å²) in [5.74, 6) is -0.731. The number of rotatable bonds is 7. The van der Waals surface area contributed by atoms with Crippen LogP contribution in [-0.2, 0) is 18.3 Å². The number of ether oxygens (including phenoxy) is 1. The lowest BCUT2D eigenvalue weighted by molar-refractivity contribution is 0.138. The first-order valence-electron chi connectivity index (χ1n) is 9.50. The van der Waals surface area contributed by atoms with Crippen LogP contribution in [0, 0.1) is 17.2 Å². The minimum absolute atomic E-state index is 0.213. The molecule has 8 heteroatoms. The van der Waals surface area contributed by atoms with Crippen molar-refractivity contribution in [1.82, 2.24) is 4.90 Å².